The second-order valence-corrected chi connectivity index (χ2v) is 13.5. The molecule has 0 unspecified atom stereocenters. The van der Waals surface area contributed by atoms with Gasteiger partial charge in [-0.1, -0.05) is 152 Å². The number of furan rings is 1. The smallest absolute Gasteiger partial charge is 0.231 e. The van der Waals surface area contributed by atoms with Crippen LogP contribution >= 0.6 is 0 Å². The zero-order chi connectivity index (χ0) is 36.6. The molecular weight excluding hydrogens is 673 g/mol. The van der Waals surface area contributed by atoms with Gasteiger partial charge in [-0.15, -0.1) is 0 Å². The van der Waals surface area contributed by atoms with Gasteiger partial charge in [0.2, 0.25) is 5.71 Å². The van der Waals surface area contributed by atoms with E-state index < -0.39 is 0 Å². The fourth-order valence-electron chi connectivity index (χ4n) is 7.35. The van der Waals surface area contributed by atoms with E-state index >= 15 is 0 Å². The SMILES string of the molecule is c1ccc(-c2nccnc2-c2cccc(-c3cccc(-c4cccc(-c5cccc(-c6nc(-c7ccccc7)c7c(n6)oc6ccccc67)c5)c4)c3)c2)cc1. The summed E-state index contributed by atoms with van der Waals surface area (Å²) in [5, 5.41) is 1.93. The molecule has 5 nitrogen and oxygen atoms in total. The van der Waals surface area contributed by atoms with Crippen LogP contribution in [0.15, 0.2) is 199 Å². The molecule has 258 valence electrons. The Morgan fingerprint density at radius 3 is 1.33 bits per heavy atom. The standard InChI is InChI=1S/C50H32N4O/c1-3-13-33(14-4-1)46-45-43-25-7-8-26-44(43)55-50(45)54-49(53-46)42-24-12-22-40(32-42)38-20-10-18-36(30-38)35-17-9-19-37(29-35)39-21-11-23-41(31-39)48-47(51-27-28-52-48)34-15-5-2-6-16-34/h1-32H. The van der Waals surface area contributed by atoms with E-state index in [1.807, 2.05) is 54.6 Å². The Balaban J connectivity index is 0.994. The third kappa shape index (κ3) is 6.14. The number of fused-ring (bicyclic) bond motifs is 3. The molecule has 0 saturated carbocycles. The van der Waals surface area contributed by atoms with Crippen molar-refractivity contribution in [3.8, 4) is 78.5 Å². The third-order valence-corrected chi connectivity index (χ3v) is 10.0. The summed E-state index contributed by atoms with van der Waals surface area (Å²) in [5.74, 6) is 0.621. The van der Waals surface area contributed by atoms with Gasteiger partial charge < -0.3 is 4.42 Å². The Bertz CT molecular complexity index is 2990. The fourth-order valence-corrected chi connectivity index (χ4v) is 7.35. The van der Waals surface area contributed by atoms with Gasteiger partial charge in [0.1, 0.15) is 5.58 Å². The van der Waals surface area contributed by atoms with E-state index in [9.17, 15) is 0 Å². The summed E-state index contributed by atoms with van der Waals surface area (Å²) in [6, 6.07) is 62.9. The van der Waals surface area contributed by atoms with Gasteiger partial charge in [-0.05, 0) is 63.7 Å². The van der Waals surface area contributed by atoms with Crippen LogP contribution in [0, 0.1) is 0 Å². The molecule has 0 amide bonds. The highest BCUT2D eigenvalue weighted by molar-refractivity contribution is 6.10. The van der Waals surface area contributed by atoms with E-state index in [1.54, 1.807) is 12.4 Å². The summed E-state index contributed by atoms with van der Waals surface area (Å²) >= 11 is 0. The van der Waals surface area contributed by atoms with E-state index in [4.69, 9.17) is 24.4 Å². The lowest BCUT2D eigenvalue weighted by molar-refractivity contribution is 0.653. The monoisotopic (exact) mass is 704 g/mol. The van der Waals surface area contributed by atoms with Gasteiger partial charge in [0.05, 0.1) is 22.5 Å². The number of hydrogen-bond donors (Lipinski definition) is 0. The first-order valence-corrected chi connectivity index (χ1v) is 18.3. The molecule has 10 rings (SSSR count). The third-order valence-electron chi connectivity index (χ3n) is 10.0. The van der Waals surface area contributed by atoms with Crippen LogP contribution in [0.25, 0.3) is 101 Å². The molecule has 0 radical (unpaired) electrons. The van der Waals surface area contributed by atoms with Crippen molar-refractivity contribution in [1.29, 1.82) is 0 Å². The molecule has 5 heteroatoms. The minimum absolute atomic E-state index is 0.580. The summed E-state index contributed by atoms with van der Waals surface area (Å²) in [6.07, 6.45) is 3.51. The molecule has 0 saturated heterocycles. The van der Waals surface area contributed by atoms with E-state index in [0.29, 0.717) is 11.5 Å². The molecule has 55 heavy (non-hydrogen) atoms. The zero-order valence-corrected chi connectivity index (χ0v) is 29.7. The molecule has 0 bridgehead atoms. The molecule has 0 aliphatic heterocycles. The van der Waals surface area contributed by atoms with Crippen LogP contribution in [0.4, 0.5) is 0 Å². The predicted molar refractivity (Wildman–Crippen MR) is 223 cm³/mol. The lowest BCUT2D eigenvalue weighted by Crippen LogP contribution is -1.94. The van der Waals surface area contributed by atoms with Crippen molar-refractivity contribution in [2.45, 2.75) is 0 Å². The van der Waals surface area contributed by atoms with Crippen molar-refractivity contribution in [2.24, 2.45) is 0 Å². The molecule has 3 heterocycles. The van der Waals surface area contributed by atoms with Gasteiger partial charge in [0.25, 0.3) is 0 Å². The number of para-hydroxylation sites is 1. The zero-order valence-electron chi connectivity index (χ0n) is 29.7. The summed E-state index contributed by atoms with van der Waals surface area (Å²) in [6.45, 7) is 0. The molecule has 3 aromatic heterocycles. The Kier molecular flexibility index (Phi) is 8.08. The van der Waals surface area contributed by atoms with Gasteiger partial charge in [-0.2, -0.15) is 4.98 Å². The Hall–Kier alpha value is -7.50. The first-order valence-electron chi connectivity index (χ1n) is 18.3. The van der Waals surface area contributed by atoms with Crippen LogP contribution in [0.3, 0.4) is 0 Å². The second kappa shape index (κ2) is 13.8. The van der Waals surface area contributed by atoms with Gasteiger partial charge in [-0.25, -0.2) is 4.98 Å². The quantitative estimate of drug-likeness (QED) is 0.165. The van der Waals surface area contributed by atoms with E-state index in [1.165, 1.54) is 0 Å². The minimum Gasteiger partial charge on any atom is -0.438 e. The predicted octanol–water partition coefficient (Wildman–Crippen LogP) is 12.8. The Morgan fingerprint density at radius 1 is 0.327 bits per heavy atom. The highest BCUT2D eigenvalue weighted by Gasteiger charge is 2.18. The second-order valence-electron chi connectivity index (χ2n) is 13.5. The fraction of sp³-hybridized carbons (Fsp3) is 0. The molecule has 0 aliphatic rings. The summed E-state index contributed by atoms with van der Waals surface area (Å²) in [4.78, 5) is 19.6. The van der Waals surface area contributed by atoms with Crippen molar-refractivity contribution in [2.75, 3.05) is 0 Å². The van der Waals surface area contributed by atoms with Crippen LogP contribution in [0.2, 0.25) is 0 Å². The van der Waals surface area contributed by atoms with Crippen molar-refractivity contribution in [1.82, 2.24) is 19.9 Å². The molecule has 0 aliphatic carbocycles. The van der Waals surface area contributed by atoms with Crippen molar-refractivity contribution >= 4 is 22.1 Å². The molecule has 0 atom stereocenters. The van der Waals surface area contributed by atoms with Crippen LogP contribution in [-0.4, -0.2) is 19.9 Å². The average molecular weight is 705 g/mol. The highest BCUT2D eigenvalue weighted by atomic mass is 16.3. The minimum atomic E-state index is 0.580. The number of benzene rings is 7. The maximum absolute atomic E-state index is 6.29. The number of aromatic nitrogens is 4. The summed E-state index contributed by atoms with van der Waals surface area (Å²) in [5.41, 5.74) is 14.7. The average Bonchev–Trinajstić information content (AvgIpc) is 3.66. The normalized spacial score (nSPS) is 11.3. The van der Waals surface area contributed by atoms with Crippen molar-refractivity contribution < 1.29 is 4.42 Å². The molecule has 7 aromatic carbocycles. The Labute approximate surface area is 318 Å². The van der Waals surface area contributed by atoms with Crippen LogP contribution in [-0.2, 0) is 0 Å². The number of rotatable bonds is 7. The van der Waals surface area contributed by atoms with Gasteiger partial charge in [-0.3, -0.25) is 9.97 Å². The molecule has 0 spiro atoms. The first-order chi connectivity index (χ1) is 27.2. The lowest BCUT2D eigenvalue weighted by Gasteiger charge is -2.11. The van der Waals surface area contributed by atoms with E-state index in [2.05, 4.69) is 127 Å². The Morgan fingerprint density at radius 2 is 0.745 bits per heavy atom. The van der Waals surface area contributed by atoms with Crippen molar-refractivity contribution in [3.63, 3.8) is 0 Å². The van der Waals surface area contributed by atoms with Crippen LogP contribution < -0.4 is 0 Å². The highest BCUT2D eigenvalue weighted by Crippen LogP contribution is 2.38. The van der Waals surface area contributed by atoms with Gasteiger partial charge >= 0.3 is 0 Å². The van der Waals surface area contributed by atoms with Crippen molar-refractivity contribution in [3.05, 3.63) is 194 Å². The van der Waals surface area contributed by atoms with Crippen LogP contribution in [0.1, 0.15) is 0 Å². The summed E-state index contributed by atoms with van der Waals surface area (Å²) in [7, 11) is 0. The molecule has 0 N–H and O–H groups in total. The number of hydrogen-bond acceptors (Lipinski definition) is 5. The van der Waals surface area contributed by atoms with E-state index in [0.717, 1.165) is 89.1 Å². The maximum atomic E-state index is 6.29. The lowest BCUT2D eigenvalue weighted by atomic mass is 9.94. The molecular formula is C50H32N4O. The largest absolute Gasteiger partial charge is 0.438 e. The van der Waals surface area contributed by atoms with Gasteiger partial charge in [0, 0.05) is 40.0 Å². The van der Waals surface area contributed by atoms with Crippen LogP contribution in [0.5, 0.6) is 0 Å². The first kappa shape index (κ1) is 32.2. The number of nitrogens with zero attached hydrogens (tertiary/aromatic N) is 4. The topological polar surface area (TPSA) is 64.7 Å². The molecule has 0 fully saturated rings. The molecule has 10 aromatic rings. The summed E-state index contributed by atoms with van der Waals surface area (Å²) < 4.78 is 6.29. The van der Waals surface area contributed by atoms with Gasteiger partial charge in [0.15, 0.2) is 5.82 Å². The maximum Gasteiger partial charge on any atom is 0.231 e. The van der Waals surface area contributed by atoms with E-state index in [-0.39, 0.29) is 0 Å².